The summed E-state index contributed by atoms with van der Waals surface area (Å²) < 4.78 is 10.2. The third-order valence-electron chi connectivity index (χ3n) is 4.07. The number of carbonyl (C=O) groups excluding carboxylic acids is 3. The van der Waals surface area contributed by atoms with E-state index in [1.54, 1.807) is 30.3 Å². The molecular weight excluding hydrogens is 408 g/mol. The summed E-state index contributed by atoms with van der Waals surface area (Å²) in [5.74, 6) is -1.75. The molecule has 1 aromatic heterocycles. The van der Waals surface area contributed by atoms with Crippen molar-refractivity contribution < 1.29 is 23.5 Å². The Hall–Kier alpha value is -3.58. The standard InChI is InChI=1S/C22H19ClN2O5/c23-16-8-4-9-17(13-16)24-20(26)14-30-22(28)18(12-15-6-2-1-3-7-15)25-21(27)19-10-5-11-29-19/h1-11,13,18H,12,14H2,(H,24,26)(H,25,27)/t18-/m0/s1. The molecule has 3 aromatic rings. The van der Waals surface area contributed by atoms with Crippen molar-refractivity contribution in [2.75, 3.05) is 11.9 Å². The highest BCUT2D eigenvalue weighted by Gasteiger charge is 2.25. The van der Waals surface area contributed by atoms with E-state index >= 15 is 0 Å². The number of ether oxygens (including phenoxy) is 1. The number of furan rings is 1. The van der Waals surface area contributed by atoms with Crippen molar-refractivity contribution in [2.24, 2.45) is 0 Å². The lowest BCUT2D eigenvalue weighted by atomic mass is 10.1. The van der Waals surface area contributed by atoms with Crippen LogP contribution in [0.2, 0.25) is 5.02 Å². The third kappa shape index (κ3) is 6.22. The van der Waals surface area contributed by atoms with Crippen LogP contribution in [0.5, 0.6) is 0 Å². The van der Waals surface area contributed by atoms with Gasteiger partial charge in [0.15, 0.2) is 12.4 Å². The van der Waals surface area contributed by atoms with E-state index in [0.717, 1.165) is 5.56 Å². The molecule has 0 unspecified atom stereocenters. The minimum atomic E-state index is -0.996. The Morgan fingerprint density at radius 3 is 2.50 bits per heavy atom. The summed E-state index contributed by atoms with van der Waals surface area (Å²) in [4.78, 5) is 37.0. The Balaban J connectivity index is 1.62. The maximum absolute atomic E-state index is 12.6. The number of anilines is 1. The van der Waals surface area contributed by atoms with Crippen LogP contribution in [0.15, 0.2) is 77.4 Å². The summed E-state index contributed by atoms with van der Waals surface area (Å²) in [6, 6.07) is 17.8. The van der Waals surface area contributed by atoms with Crippen LogP contribution < -0.4 is 10.6 Å². The molecular formula is C22H19ClN2O5. The van der Waals surface area contributed by atoms with E-state index in [0.29, 0.717) is 10.7 Å². The maximum atomic E-state index is 12.6. The fourth-order valence-electron chi connectivity index (χ4n) is 2.68. The largest absolute Gasteiger partial charge is 0.459 e. The predicted molar refractivity (Wildman–Crippen MR) is 111 cm³/mol. The van der Waals surface area contributed by atoms with Gasteiger partial charge in [-0.3, -0.25) is 9.59 Å². The maximum Gasteiger partial charge on any atom is 0.329 e. The number of amides is 2. The molecule has 0 aliphatic heterocycles. The van der Waals surface area contributed by atoms with Crippen LogP contribution in [-0.2, 0) is 20.7 Å². The molecule has 1 atom stereocenters. The number of carbonyl (C=O) groups is 3. The highest BCUT2D eigenvalue weighted by Crippen LogP contribution is 2.14. The molecule has 0 bridgehead atoms. The zero-order valence-corrected chi connectivity index (χ0v) is 16.6. The second kappa shape index (κ2) is 10.3. The molecule has 0 saturated heterocycles. The molecule has 30 heavy (non-hydrogen) atoms. The highest BCUT2D eigenvalue weighted by molar-refractivity contribution is 6.30. The van der Waals surface area contributed by atoms with Gasteiger partial charge in [-0.05, 0) is 35.9 Å². The van der Waals surface area contributed by atoms with E-state index in [-0.39, 0.29) is 12.2 Å². The minimum absolute atomic E-state index is 0.0690. The summed E-state index contributed by atoms with van der Waals surface area (Å²) in [7, 11) is 0. The number of hydrogen-bond acceptors (Lipinski definition) is 5. The van der Waals surface area contributed by atoms with Crippen molar-refractivity contribution >= 4 is 35.1 Å². The highest BCUT2D eigenvalue weighted by atomic mass is 35.5. The smallest absolute Gasteiger partial charge is 0.329 e. The Kier molecular flexibility index (Phi) is 7.24. The summed E-state index contributed by atoms with van der Waals surface area (Å²) >= 11 is 5.88. The molecule has 0 spiro atoms. The van der Waals surface area contributed by atoms with Crippen LogP contribution in [0.1, 0.15) is 16.1 Å². The normalized spacial score (nSPS) is 11.4. The first kappa shape index (κ1) is 21.1. The van der Waals surface area contributed by atoms with Crippen LogP contribution in [0.3, 0.4) is 0 Å². The van der Waals surface area contributed by atoms with Gasteiger partial charge >= 0.3 is 5.97 Å². The van der Waals surface area contributed by atoms with Crippen molar-refractivity contribution in [3.8, 4) is 0 Å². The summed E-state index contributed by atoms with van der Waals surface area (Å²) in [6.45, 7) is -0.507. The second-order valence-electron chi connectivity index (χ2n) is 6.36. The lowest BCUT2D eigenvalue weighted by molar-refractivity contribution is -0.149. The third-order valence-corrected chi connectivity index (χ3v) is 4.31. The van der Waals surface area contributed by atoms with Crippen LogP contribution in [-0.4, -0.2) is 30.4 Å². The van der Waals surface area contributed by atoms with E-state index < -0.39 is 30.4 Å². The molecule has 7 nitrogen and oxygen atoms in total. The fourth-order valence-corrected chi connectivity index (χ4v) is 2.87. The van der Waals surface area contributed by atoms with Crippen LogP contribution in [0, 0.1) is 0 Å². The van der Waals surface area contributed by atoms with Gasteiger partial charge in [0.25, 0.3) is 11.8 Å². The van der Waals surface area contributed by atoms with Crippen LogP contribution in [0.25, 0.3) is 0 Å². The van der Waals surface area contributed by atoms with Gasteiger partial charge in [0.05, 0.1) is 6.26 Å². The average molecular weight is 427 g/mol. The molecule has 0 radical (unpaired) electrons. The monoisotopic (exact) mass is 426 g/mol. The van der Waals surface area contributed by atoms with Crippen molar-refractivity contribution in [2.45, 2.75) is 12.5 Å². The molecule has 2 N–H and O–H groups in total. The van der Waals surface area contributed by atoms with E-state index in [9.17, 15) is 14.4 Å². The predicted octanol–water partition coefficient (Wildman–Crippen LogP) is 3.46. The Morgan fingerprint density at radius 1 is 1.00 bits per heavy atom. The second-order valence-corrected chi connectivity index (χ2v) is 6.80. The molecule has 1 heterocycles. The van der Waals surface area contributed by atoms with Gasteiger partial charge in [0.1, 0.15) is 6.04 Å². The molecule has 0 fully saturated rings. The van der Waals surface area contributed by atoms with Crippen molar-refractivity contribution in [3.05, 3.63) is 89.3 Å². The van der Waals surface area contributed by atoms with Crippen LogP contribution in [0.4, 0.5) is 5.69 Å². The zero-order chi connectivity index (χ0) is 21.3. The Bertz CT molecular complexity index is 1010. The number of halogens is 1. The number of nitrogens with one attached hydrogen (secondary N) is 2. The summed E-state index contributed by atoms with van der Waals surface area (Å²) in [5, 5.41) is 5.65. The molecule has 0 aliphatic rings. The van der Waals surface area contributed by atoms with Gasteiger partial charge in [-0.25, -0.2) is 4.79 Å². The average Bonchev–Trinajstić information content (AvgIpc) is 3.27. The van der Waals surface area contributed by atoms with Gasteiger partial charge in [0.2, 0.25) is 0 Å². The van der Waals surface area contributed by atoms with E-state index in [2.05, 4.69) is 10.6 Å². The van der Waals surface area contributed by atoms with Crippen molar-refractivity contribution in [1.29, 1.82) is 0 Å². The van der Waals surface area contributed by atoms with Gasteiger partial charge in [-0.2, -0.15) is 0 Å². The summed E-state index contributed by atoms with van der Waals surface area (Å²) in [5.41, 5.74) is 1.30. The van der Waals surface area contributed by atoms with Gasteiger partial charge in [0, 0.05) is 17.1 Å². The Morgan fingerprint density at radius 2 is 1.80 bits per heavy atom. The number of benzene rings is 2. The molecule has 2 aromatic carbocycles. The Labute approximate surface area is 178 Å². The molecule has 2 amide bonds. The first-order valence-electron chi connectivity index (χ1n) is 9.11. The molecule has 0 saturated carbocycles. The van der Waals surface area contributed by atoms with E-state index in [1.807, 2.05) is 30.3 Å². The molecule has 0 aliphatic carbocycles. The van der Waals surface area contributed by atoms with Gasteiger partial charge in [-0.1, -0.05) is 48.0 Å². The SMILES string of the molecule is O=C(COC(=O)[C@H](Cc1ccccc1)NC(=O)c1ccco1)Nc1cccc(Cl)c1. The molecule has 154 valence electrons. The van der Waals surface area contributed by atoms with Gasteiger partial charge in [-0.15, -0.1) is 0 Å². The lowest BCUT2D eigenvalue weighted by Gasteiger charge is -2.17. The first-order chi connectivity index (χ1) is 14.5. The molecule has 8 heteroatoms. The van der Waals surface area contributed by atoms with Crippen LogP contribution >= 0.6 is 11.6 Å². The summed E-state index contributed by atoms with van der Waals surface area (Å²) in [6.07, 6.45) is 1.56. The van der Waals surface area contributed by atoms with E-state index in [1.165, 1.54) is 12.3 Å². The van der Waals surface area contributed by atoms with Crippen molar-refractivity contribution in [3.63, 3.8) is 0 Å². The quantitative estimate of drug-likeness (QED) is 0.537. The first-order valence-corrected chi connectivity index (χ1v) is 9.49. The van der Waals surface area contributed by atoms with E-state index in [4.69, 9.17) is 20.8 Å². The number of esters is 1. The van der Waals surface area contributed by atoms with Crippen molar-refractivity contribution in [1.82, 2.24) is 5.32 Å². The zero-order valence-electron chi connectivity index (χ0n) is 15.8. The minimum Gasteiger partial charge on any atom is -0.459 e. The van der Waals surface area contributed by atoms with Gasteiger partial charge < -0.3 is 19.8 Å². The number of rotatable bonds is 8. The fraction of sp³-hybridized carbons (Fsp3) is 0.136. The lowest BCUT2D eigenvalue weighted by Crippen LogP contribution is -2.44. The molecule has 3 rings (SSSR count). The topological polar surface area (TPSA) is 97.6 Å². The number of hydrogen-bond donors (Lipinski definition) is 2.